The number of carbonyl (C=O) groups is 3. The minimum atomic E-state index is -0.944. The lowest BCUT2D eigenvalue weighted by Crippen LogP contribution is -2.36. The zero-order valence-corrected chi connectivity index (χ0v) is 16.7. The summed E-state index contributed by atoms with van der Waals surface area (Å²) in [5, 5.41) is 12.7. The quantitative estimate of drug-likeness (QED) is 0.727. The Morgan fingerprint density at radius 2 is 1.75 bits per heavy atom. The molecule has 0 radical (unpaired) electrons. The average Bonchev–Trinajstić information content (AvgIpc) is 3.03. The molecule has 1 aromatic heterocycles. The van der Waals surface area contributed by atoms with Gasteiger partial charge in [-0.15, -0.1) is 11.3 Å². The molecule has 7 heteroatoms. The summed E-state index contributed by atoms with van der Waals surface area (Å²) in [6.45, 7) is 1.88. The number of benzene rings is 1. The highest BCUT2D eigenvalue weighted by Gasteiger charge is 2.36. The predicted octanol–water partition coefficient (Wildman–Crippen LogP) is 4.34. The maximum atomic E-state index is 12.9. The SMILES string of the molecule is COC(=O)c1c(NC(=O)[C@@H]2CCCC[C@H]2C(=O)O)sc(C)c1-c1ccccc1. The smallest absolute Gasteiger partial charge is 0.341 e. The van der Waals surface area contributed by atoms with E-state index in [9.17, 15) is 19.5 Å². The lowest BCUT2D eigenvalue weighted by molar-refractivity contribution is -0.147. The predicted molar refractivity (Wildman–Crippen MR) is 108 cm³/mol. The fraction of sp³-hybridized carbons (Fsp3) is 0.381. The summed E-state index contributed by atoms with van der Waals surface area (Å²) in [7, 11) is 1.30. The minimum Gasteiger partial charge on any atom is -0.481 e. The molecule has 2 N–H and O–H groups in total. The second-order valence-electron chi connectivity index (χ2n) is 6.92. The first-order chi connectivity index (χ1) is 13.4. The Balaban J connectivity index is 1.97. The van der Waals surface area contributed by atoms with Gasteiger partial charge < -0.3 is 15.2 Å². The Morgan fingerprint density at radius 1 is 1.11 bits per heavy atom. The van der Waals surface area contributed by atoms with E-state index in [0.717, 1.165) is 28.8 Å². The molecule has 148 valence electrons. The lowest BCUT2D eigenvalue weighted by atomic mass is 9.78. The highest BCUT2D eigenvalue weighted by atomic mass is 32.1. The van der Waals surface area contributed by atoms with Gasteiger partial charge >= 0.3 is 11.9 Å². The molecule has 1 aromatic carbocycles. The first kappa shape index (κ1) is 20.1. The van der Waals surface area contributed by atoms with Crippen molar-refractivity contribution in [2.24, 2.45) is 11.8 Å². The number of esters is 1. The van der Waals surface area contributed by atoms with Crippen LogP contribution in [0.2, 0.25) is 0 Å². The van der Waals surface area contributed by atoms with Gasteiger partial charge in [-0.1, -0.05) is 43.2 Å². The second-order valence-corrected chi connectivity index (χ2v) is 8.14. The van der Waals surface area contributed by atoms with Crippen LogP contribution in [0, 0.1) is 18.8 Å². The molecule has 0 bridgehead atoms. The van der Waals surface area contributed by atoms with Crippen molar-refractivity contribution in [3.63, 3.8) is 0 Å². The molecule has 1 heterocycles. The molecular weight excluding hydrogens is 378 g/mol. The summed E-state index contributed by atoms with van der Waals surface area (Å²) in [6, 6.07) is 9.45. The number of methoxy groups -OCH3 is 1. The highest BCUT2D eigenvalue weighted by Crippen LogP contribution is 2.41. The fourth-order valence-electron chi connectivity index (χ4n) is 3.83. The van der Waals surface area contributed by atoms with Gasteiger partial charge in [0.15, 0.2) is 0 Å². The Morgan fingerprint density at radius 3 is 2.36 bits per heavy atom. The normalized spacial score (nSPS) is 19.1. The summed E-state index contributed by atoms with van der Waals surface area (Å²) < 4.78 is 4.96. The van der Waals surface area contributed by atoms with E-state index in [-0.39, 0.29) is 5.91 Å². The Kier molecular flexibility index (Phi) is 6.14. The summed E-state index contributed by atoms with van der Waals surface area (Å²) >= 11 is 1.30. The van der Waals surface area contributed by atoms with Crippen molar-refractivity contribution in [3.8, 4) is 11.1 Å². The summed E-state index contributed by atoms with van der Waals surface area (Å²) in [6.07, 6.45) is 2.66. The van der Waals surface area contributed by atoms with E-state index < -0.39 is 23.8 Å². The van der Waals surface area contributed by atoms with Gasteiger partial charge in [-0.25, -0.2) is 4.79 Å². The number of aliphatic carboxylic acids is 1. The molecular formula is C21H23NO5S. The van der Waals surface area contributed by atoms with E-state index in [0.29, 0.717) is 23.4 Å². The molecule has 0 aliphatic heterocycles. The number of anilines is 1. The largest absolute Gasteiger partial charge is 0.481 e. The van der Waals surface area contributed by atoms with Crippen molar-refractivity contribution in [3.05, 3.63) is 40.8 Å². The van der Waals surface area contributed by atoms with Gasteiger partial charge in [0.1, 0.15) is 10.6 Å². The first-order valence-electron chi connectivity index (χ1n) is 9.24. The van der Waals surface area contributed by atoms with Crippen LogP contribution in [0.4, 0.5) is 5.00 Å². The Bertz CT molecular complexity index is 890. The molecule has 0 unspecified atom stereocenters. The molecule has 6 nitrogen and oxygen atoms in total. The van der Waals surface area contributed by atoms with Crippen molar-refractivity contribution in [1.82, 2.24) is 0 Å². The third-order valence-corrected chi connectivity index (χ3v) is 6.21. The summed E-state index contributed by atoms with van der Waals surface area (Å²) in [5.74, 6) is -3.11. The molecule has 1 fully saturated rings. The number of ether oxygens (including phenoxy) is 1. The van der Waals surface area contributed by atoms with Gasteiger partial charge in [0.2, 0.25) is 5.91 Å². The fourth-order valence-corrected chi connectivity index (χ4v) is 4.89. The van der Waals surface area contributed by atoms with E-state index in [1.54, 1.807) is 0 Å². The van der Waals surface area contributed by atoms with Crippen molar-refractivity contribution < 1.29 is 24.2 Å². The topological polar surface area (TPSA) is 92.7 Å². The highest BCUT2D eigenvalue weighted by molar-refractivity contribution is 7.17. The van der Waals surface area contributed by atoms with Crippen LogP contribution in [0.5, 0.6) is 0 Å². The van der Waals surface area contributed by atoms with Crippen LogP contribution in [0.3, 0.4) is 0 Å². The number of carboxylic acids is 1. The van der Waals surface area contributed by atoms with Crippen LogP contribution in [0.1, 0.15) is 40.9 Å². The zero-order chi connectivity index (χ0) is 20.3. The van der Waals surface area contributed by atoms with E-state index in [2.05, 4.69) is 5.32 Å². The molecule has 0 spiro atoms. The number of hydrogen-bond acceptors (Lipinski definition) is 5. The molecule has 3 rings (SSSR count). The summed E-state index contributed by atoms with van der Waals surface area (Å²) in [5.41, 5.74) is 1.90. The number of carboxylic acid groups (broad SMARTS) is 1. The van der Waals surface area contributed by atoms with Crippen LogP contribution >= 0.6 is 11.3 Å². The molecule has 1 amide bonds. The monoisotopic (exact) mass is 401 g/mol. The third kappa shape index (κ3) is 3.94. The molecule has 2 atom stereocenters. The van der Waals surface area contributed by atoms with Crippen LogP contribution in [-0.2, 0) is 14.3 Å². The van der Waals surface area contributed by atoms with Gasteiger partial charge in [-0.2, -0.15) is 0 Å². The molecule has 1 saturated carbocycles. The van der Waals surface area contributed by atoms with Gasteiger partial charge in [-0.3, -0.25) is 9.59 Å². The van der Waals surface area contributed by atoms with Gasteiger partial charge in [0, 0.05) is 10.4 Å². The van der Waals surface area contributed by atoms with E-state index >= 15 is 0 Å². The van der Waals surface area contributed by atoms with E-state index in [1.165, 1.54) is 18.4 Å². The number of aryl methyl sites for hydroxylation is 1. The number of hydrogen-bond donors (Lipinski definition) is 2. The Labute approximate surface area is 167 Å². The van der Waals surface area contributed by atoms with Crippen LogP contribution < -0.4 is 5.32 Å². The standard InChI is InChI=1S/C21H23NO5S/c1-12-16(13-8-4-3-5-9-13)17(21(26)27-2)19(28-12)22-18(23)14-10-6-7-11-15(14)20(24)25/h3-5,8-9,14-15H,6-7,10-11H2,1-2H3,(H,22,23)(H,24,25)/t14-,15-/m1/s1. The van der Waals surface area contributed by atoms with Gasteiger partial charge in [0.05, 0.1) is 18.9 Å². The summed E-state index contributed by atoms with van der Waals surface area (Å²) in [4.78, 5) is 37.8. The second kappa shape index (κ2) is 8.56. The number of carbonyl (C=O) groups excluding carboxylic acids is 2. The van der Waals surface area contributed by atoms with Crippen LogP contribution in [-0.4, -0.2) is 30.1 Å². The first-order valence-corrected chi connectivity index (χ1v) is 10.1. The van der Waals surface area contributed by atoms with Crippen molar-refractivity contribution in [2.45, 2.75) is 32.6 Å². The van der Waals surface area contributed by atoms with Gasteiger partial charge in [-0.05, 0) is 25.3 Å². The lowest BCUT2D eigenvalue weighted by Gasteiger charge is -2.27. The van der Waals surface area contributed by atoms with Crippen molar-refractivity contribution in [1.29, 1.82) is 0 Å². The van der Waals surface area contributed by atoms with Crippen LogP contribution in [0.25, 0.3) is 11.1 Å². The van der Waals surface area contributed by atoms with Crippen LogP contribution in [0.15, 0.2) is 30.3 Å². The zero-order valence-electron chi connectivity index (χ0n) is 15.9. The van der Waals surface area contributed by atoms with Crippen molar-refractivity contribution >= 4 is 34.2 Å². The maximum absolute atomic E-state index is 12.9. The van der Waals surface area contributed by atoms with Gasteiger partial charge in [0.25, 0.3) is 0 Å². The number of thiophene rings is 1. The molecule has 1 aliphatic carbocycles. The number of rotatable bonds is 5. The van der Waals surface area contributed by atoms with E-state index in [4.69, 9.17) is 4.74 Å². The molecule has 0 saturated heterocycles. The number of nitrogens with one attached hydrogen (secondary N) is 1. The minimum absolute atomic E-state index is 0.312. The molecule has 1 aliphatic rings. The van der Waals surface area contributed by atoms with Crippen molar-refractivity contribution in [2.75, 3.05) is 12.4 Å². The Hall–Kier alpha value is -2.67. The van der Waals surface area contributed by atoms with E-state index in [1.807, 2.05) is 37.3 Å². The number of amides is 1. The maximum Gasteiger partial charge on any atom is 0.341 e. The molecule has 2 aromatic rings. The average molecular weight is 401 g/mol. The molecule has 28 heavy (non-hydrogen) atoms. The third-order valence-electron chi connectivity index (χ3n) is 5.19.